The van der Waals surface area contributed by atoms with E-state index in [1.807, 2.05) is 0 Å². The van der Waals surface area contributed by atoms with E-state index in [1.165, 1.54) is 22.8 Å². The molecule has 0 saturated carbocycles. The molecule has 0 amide bonds. The molecule has 3 nitrogen and oxygen atoms in total. The van der Waals surface area contributed by atoms with Gasteiger partial charge in [0.05, 0.1) is 64.8 Å². The fourth-order valence-electron chi connectivity index (χ4n) is 8.20. The zero-order valence-electron chi connectivity index (χ0n) is 59.2. The van der Waals surface area contributed by atoms with Gasteiger partial charge in [-0.25, -0.2) is 0 Å². The third kappa shape index (κ3) is 5.53. The Hall–Kier alpha value is -8.40. The van der Waals surface area contributed by atoms with Crippen molar-refractivity contribution < 1.29 is 41.4 Å². The molecule has 3 heteroatoms. The third-order valence-corrected chi connectivity index (χ3v) is 10.9. The lowest BCUT2D eigenvalue weighted by Gasteiger charge is -2.10. The molecule has 3 aromatic heterocycles. The van der Waals surface area contributed by atoms with Crippen molar-refractivity contribution in [3.63, 3.8) is 0 Å². The predicted molar refractivity (Wildman–Crippen MR) is 264 cm³/mol. The van der Waals surface area contributed by atoms with Gasteiger partial charge in [-0.2, -0.15) is 0 Å². The molecule has 0 atom stereocenters. The van der Waals surface area contributed by atoms with Crippen molar-refractivity contribution in [2.24, 2.45) is 0 Å². The van der Waals surface area contributed by atoms with Gasteiger partial charge in [-0.05, 0) is 105 Å². The van der Waals surface area contributed by atoms with Gasteiger partial charge in [0.2, 0.25) is 0 Å². The molecule has 10 aromatic carbocycles. The summed E-state index contributed by atoms with van der Waals surface area (Å²) in [6, 6.07) is -2.68. The summed E-state index contributed by atoms with van der Waals surface area (Å²) < 4.78 is 255. The lowest BCUT2D eigenvalue weighted by atomic mass is 9.95. The van der Waals surface area contributed by atoms with E-state index < -0.39 is 167 Å². The average molecular weight is 830 g/mol. The first-order chi connectivity index (χ1) is 42.5. The van der Waals surface area contributed by atoms with Crippen LogP contribution in [0.2, 0.25) is 0 Å². The Morgan fingerprint density at radius 3 is 1.90 bits per heavy atom. The maximum atomic E-state index is 9.97. The molecular weight excluding hydrogens is 765 g/mol. The molecule has 0 saturated heterocycles. The molecule has 63 heavy (non-hydrogen) atoms. The van der Waals surface area contributed by atoms with Gasteiger partial charge in [-0.15, -0.1) is 0 Å². The predicted octanol–water partition coefficient (Wildman–Crippen LogP) is 16.4. The lowest BCUT2D eigenvalue weighted by molar-refractivity contribution is 0.666. The maximum Gasteiger partial charge on any atom is 0.159 e. The van der Waals surface area contributed by atoms with Crippen molar-refractivity contribution in [3.05, 3.63) is 230 Å². The molecule has 0 aliphatic carbocycles. The molecule has 0 spiro atoms. The van der Waals surface area contributed by atoms with Crippen LogP contribution in [0.25, 0.3) is 121 Å². The van der Waals surface area contributed by atoms with Crippen LogP contribution >= 0.6 is 0 Å². The van der Waals surface area contributed by atoms with Crippen LogP contribution in [-0.4, -0.2) is 9.13 Å². The summed E-state index contributed by atoms with van der Waals surface area (Å²) in [4.78, 5) is 0. The zero-order valence-corrected chi connectivity index (χ0v) is 32.2. The second-order valence-electron chi connectivity index (χ2n) is 14.4. The molecule has 294 valence electrons. The molecule has 0 unspecified atom stereocenters. The number of furan rings is 1. The minimum atomic E-state index is -0.792. The average Bonchev–Trinajstić information content (AvgIpc) is 1.52. The van der Waals surface area contributed by atoms with Crippen LogP contribution in [-0.2, 0) is 0 Å². The first-order valence-corrected chi connectivity index (χ1v) is 19.4. The minimum Gasteiger partial charge on any atom is -0.454 e. The Bertz CT molecular complexity index is 5520. The Kier molecular flexibility index (Phi) is 4.00. The Morgan fingerprint density at radius 2 is 1.03 bits per heavy atom. The van der Waals surface area contributed by atoms with Gasteiger partial charge in [0, 0.05) is 38.0 Å². The van der Waals surface area contributed by atoms with Gasteiger partial charge >= 0.3 is 0 Å². The summed E-state index contributed by atoms with van der Waals surface area (Å²) >= 11 is 0. The lowest BCUT2D eigenvalue weighted by Crippen LogP contribution is -1.94. The fraction of sp³-hybridized carbons (Fsp3) is 0. The van der Waals surface area contributed by atoms with Crippen LogP contribution in [0.1, 0.15) is 37.0 Å². The van der Waals surface area contributed by atoms with E-state index in [-0.39, 0.29) is 112 Å². The van der Waals surface area contributed by atoms with E-state index in [2.05, 4.69) is 0 Å². The van der Waals surface area contributed by atoms with E-state index in [4.69, 9.17) is 20.9 Å². The van der Waals surface area contributed by atoms with Crippen molar-refractivity contribution in [1.82, 2.24) is 9.13 Å². The first kappa shape index (κ1) is 17.9. The standard InChI is InChI=1S/C60H38N2O/c1-3-15-39(16-4-1)42-17-11-18-43(37-42)40-31-33-41(34-32-40)46-24-14-30-57-59(46)50-25-13-29-56(60(50)63-57)62-52-26-9-7-21-48(52)51-38-44(35-36-54(51)62)47-23-12-28-55-58(47)49-22-8-10-27-53(49)61(55)45-19-5-2-6-20-45/h1-38H/i1D,3D,7D,8D,9D,10D,11D,12D,13D,14D,16D,17D,18D,21D,22D,23D,24D,25D,26D,27D,28D,30D,31D,33D,35D,36D,37D. The van der Waals surface area contributed by atoms with E-state index in [1.54, 1.807) is 30.3 Å². The van der Waals surface area contributed by atoms with Crippen molar-refractivity contribution in [2.75, 3.05) is 0 Å². The molecule has 13 rings (SSSR count). The normalized spacial score (nSPS) is 17.8. The molecule has 0 bridgehead atoms. The highest BCUT2D eigenvalue weighted by Gasteiger charge is 2.21. The molecule has 0 aliphatic rings. The van der Waals surface area contributed by atoms with E-state index >= 15 is 0 Å². The Morgan fingerprint density at radius 1 is 0.365 bits per heavy atom. The van der Waals surface area contributed by atoms with Crippen LogP contribution in [0.15, 0.2) is 234 Å². The quantitative estimate of drug-likeness (QED) is 0.164. The monoisotopic (exact) mass is 829 g/mol. The second kappa shape index (κ2) is 14.1. The molecular formula is C60H38N2O. The number of hydrogen-bond acceptors (Lipinski definition) is 1. The molecule has 0 aliphatic heterocycles. The maximum absolute atomic E-state index is 9.97. The van der Waals surface area contributed by atoms with E-state index in [0.29, 0.717) is 5.69 Å². The summed E-state index contributed by atoms with van der Waals surface area (Å²) in [6.07, 6.45) is 0. The van der Waals surface area contributed by atoms with Gasteiger partial charge in [0.15, 0.2) is 5.58 Å². The van der Waals surface area contributed by atoms with Crippen LogP contribution in [0.4, 0.5) is 0 Å². The highest BCUT2D eigenvalue weighted by Crippen LogP contribution is 2.44. The van der Waals surface area contributed by atoms with Crippen LogP contribution in [0.5, 0.6) is 0 Å². The van der Waals surface area contributed by atoms with Gasteiger partial charge < -0.3 is 13.6 Å². The molecule has 0 fully saturated rings. The second-order valence-corrected chi connectivity index (χ2v) is 14.4. The van der Waals surface area contributed by atoms with Crippen LogP contribution in [0.3, 0.4) is 0 Å². The summed E-state index contributed by atoms with van der Waals surface area (Å²) in [7, 11) is 0. The summed E-state index contributed by atoms with van der Waals surface area (Å²) in [6.45, 7) is 0. The van der Waals surface area contributed by atoms with Gasteiger partial charge in [-0.3, -0.25) is 0 Å². The van der Waals surface area contributed by atoms with Crippen molar-refractivity contribution >= 4 is 65.6 Å². The largest absolute Gasteiger partial charge is 0.454 e. The van der Waals surface area contributed by atoms with Crippen molar-refractivity contribution in [2.45, 2.75) is 0 Å². The highest BCUT2D eigenvalue weighted by molar-refractivity contribution is 6.19. The van der Waals surface area contributed by atoms with E-state index in [9.17, 15) is 20.6 Å². The topological polar surface area (TPSA) is 23.0 Å². The van der Waals surface area contributed by atoms with Gasteiger partial charge in [0.1, 0.15) is 5.58 Å². The SMILES string of the molecule is [2H]c1cc([2H])c(-c2c([2H])c([2H])c([2H])c(-c3ccc(-c4c([2H])c([2H])c([2H])c5oc6c(-n7c8c([2H])c([2H])c(-c9c([2H])c([2H])c([2H])c%10c9c9c([2H])c([2H])c([2H])c([2H])c9n%10-c9ccccc9)cc8c8c([2H])c([2H])c([2H])c([2H])c87)cc([2H])c([2H])c6c45)c([2H])c3[2H])c2[2H])cc1[2H]. The number of nitrogens with zero attached hydrogens (tertiary/aromatic N) is 2. The van der Waals surface area contributed by atoms with E-state index in [0.717, 1.165) is 22.8 Å². The number of rotatable bonds is 6. The van der Waals surface area contributed by atoms with Crippen molar-refractivity contribution in [3.8, 4) is 55.9 Å². The Balaban J connectivity index is 1.12. The van der Waals surface area contributed by atoms with Crippen LogP contribution in [0, 0.1) is 0 Å². The number of benzene rings is 10. The fourth-order valence-corrected chi connectivity index (χ4v) is 8.20. The van der Waals surface area contributed by atoms with Gasteiger partial charge in [-0.1, -0.05) is 169 Å². The minimum absolute atomic E-state index is 0.141. The first-order valence-electron chi connectivity index (χ1n) is 32.9. The van der Waals surface area contributed by atoms with Crippen molar-refractivity contribution in [1.29, 1.82) is 0 Å². The number of para-hydroxylation sites is 4. The number of fused-ring (bicyclic) bond motifs is 9. The summed E-state index contributed by atoms with van der Waals surface area (Å²) in [5.74, 6) is 0. The highest BCUT2D eigenvalue weighted by atomic mass is 16.3. The Labute approximate surface area is 401 Å². The number of aromatic nitrogens is 2. The molecule has 3 heterocycles. The third-order valence-electron chi connectivity index (χ3n) is 10.9. The van der Waals surface area contributed by atoms with Crippen LogP contribution < -0.4 is 0 Å². The smallest absolute Gasteiger partial charge is 0.159 e. The van der Waals surface area contributed by atoms with Gasteiger partial charge in [0.25, 0.3) is 0 Å². The summed E-state index contributed by atoms with van der Waals surface area (Å²) in [5, 5.41) is -1.56. The zero-order chi connectivity index (χ0) is 64.9. The molecule has 0 N–H and O–H groups in total. The molecule has 0 radical (unpaired) electrons. The summed E-state index contributed by atoms with van der Waals surface area (Å²) in [5.41, 5.74) is -4.66. The number of hydrogen-bond donors (Lipinski definition) is 0. The molecule has 13 aromatic rings.